The van der Waals surface area contributed by atoms with E-state index in [4.69, 9.17) is 16.3 Å². The van der Waals surface area contributed by atoms with Crippen LogP contribution in [0.3, 0.4) is 0 Å². The fourth-order valence-corrected chi connectivity index (χ4v) is 4.88. The van der Waals surface area contributed by atoms with Crippen LogP contribution in [0.15, 0.2) is 60.7 Å². The summed E-state index contributed by atoms with van der Waals surface area (Å²) < 4.78 is 5.54. The smallest absolute Gasteiger partial charge is 0.316 e. The second-order valence-corrected chi connectivity index (χ2v) is 8.91. The average molecular weight is 465 g/mol. The average Bonchev–Trinajstić information content (AvgIpc) is 3.32. The van der Waals surface area contributed by atoms with Crippen LogP contribution in [0, 0.1) is 17.8 Å². The summed E-state index contributed by atoms with van der Waals surface area (Å²) in [6.07, 6.45) is 5.01. The van der Waals surface area contributed by atoms with Crippen molar-refractivity contribution in [3.63, 3.8) is 0 Å². The van der Waals surface area contributed by atoms with E-state index in [1.54, 1.807) is 42.5 Å². The van der Waals surface area contributed by atoms with Crippen LogP contribution in [0.25, 0.3) is 0 Å². The van der Waals surface area contributed by atoms with Crippen LogP contribution >= 0.6 is 11.6 Å². The number of carbonyl (C=O) groups is 4. The molecule has 3 aliphatic rings. The minimum absolute atomic E-state index is 0.0322. The Balaban J connectivity index is 1.29. The summed E-state index contributed by atoms with van der Waals surface area (Å²) in [6, 6.07) is 13.3. The number of anilines is 2. The number of esters is 1. The van der Waals surface area contributed by atoms with Crippen molar-refractivity contribution in [2.24, 2.45) is 17.8 Å². The number of allylic oxidation sites excluding steroid dienone is 2. The van der Waals surface area contributed by atoms with Crippen LogP contribution in [-0.2, 0) is 19.2 Å². The summed E-state index contributed by atoms with van der Waals surface area (Å²) >= 11 is 6.02. The third-order valence-electron chi connectivity index (χ3n) is 6.38. The molecule has 3 amide bonds. The number of fused-ring (bicyclic) bond motifs is 1. The van der Waals surface area contributed by atoms with Gasteiger partial charge in [0.15, 0.2) is 0 Å². The monoisotopic (exact) mass is 464 g/mol. The largest absolute Gasteiger partial charge is 0.426 e. The highest BCUT2D eigenvalue weighted by Crippen LogP contribution is 2.38. The molecule has 168 valence electrons. The Kier molecular flexibility index (Phi) is 5.50. The van der Waals surface area contributed by atoms with Gasteiger partial charge in [0.1, 0.15) is 5.75 Å². The number of hydrogen-bond donors (Lipinski definition) is 0. The van der Waals surface area contributed by atoms with Gasteiger partial charge in [-0.2, -0.15) is 0 Å². The van der Waals surface area contributed by atoms with E-state index in [1.165, 1.54) is 15.9 Å². The molecule has 2 aromatic carbocycles. The predicted molar refractivity (Wildman–Crippen MR) is 122 cm³/mol. The van der Waals surface area contributed by atoms with Crippen molar-refractivity contribution in [2.75, 3.05) is 16.3 Å². The van der Waals surface area contributed by atoms with Crippen molar-refractivity contribution in [3.8, 4) is 5.75 Å². The number of ether oxygens (including phenoxy) is 1. The molecule has 33 heavy (non-hydrogen) atoms. The fraction of sp³-hybridized carbons (Fsp3) is 0.280. The number of hydrogen-bond acceptors (Lipinski definition) is 5. The van der Waals surface area contributed by atoms with Gasteiger partial charge in [-0.25, -0.2) is 4.90 Å². The molecule has 2 fully saturated rings. The zero-order valence-electron chi connectivity index (χ0n) is 17.6. The van der Waals surface area contributed by atoms with Crippen LogP contribution in [0.5, 0.6) is 5.75 Å². The van der Waals surface area contributed by atoms with E-state index in [-0.39, 0.29) is 48.3 Å². The van der Waals surface area contributed by atoms with Gasteiger partial charge in [-0.15, -0.1) is 0 Å². The zero-order valence-corrected chi connectivity index (χ0v) is 18.4. The molecule has 0 spiro atoms. The normalized spacial score (nSPS) is 24.4. The standard InChI is InChI=1S/C25H21ClN2O5/c26-16-5-3-6-17(12-16)27-14-15(11-22(27)29)25(32)33-19-8-4-7-18(13-19)28-23(30)20-9-1-2-10-21(20)24(28)31/h1-8,12-13,15,20-21H,9-11,14H2/t15-,20-,21+/m0/s1. The number of carbonyl (C=O) groups excluding carboxylic acids is 4. The molecule has 5 rings (SSSR count). The molecule has 0 bridgehead atoms. The first-order chi connectivity index (χ1) is 15.9. The third-order valence-corrected chi connectivity index (χ3v) is 6.62. The Hall–Kier alpha value is -3.45. The quantitative estimate of drug-likeness (QED) is 0.298. The van der Waals surface area contributed by atoms with Gasteiger partial charge in [-0.1, -0.05) is 35.9 Å². The highest BCUT2D eigenvalue weighted by Gasteiger charge is 2.48. The Labute approximate surface area is 195 Å². The maximum absolute atomic E-state index is 12.8. The topological polar surface area (TPSA) is 84.0 Å². The van der Waals surface area contributed by atoms with Gasteiger partial charge in [-0.3, -0.25) is 19.2 Å². The van der Waals surface area contributed by atoms with Gasteiger partial charge >= 0.3 is 5.97 Å². The van der Waals surface area contributed by atoms with Crippen molar-refractivity contribution in [1.82, 2.24) is 0 Å². The summed E-state index contributed by atoms with van der Waals surface area (Å²) in [5, 5.41) is 0.504. The van der Waals surface area contributed by atoms with Crippen molar-refractivity contribution in [2.45, 2.75) is 19.3 Å². The SMILES string of the molecule is O=C(Oc1cccc(N2C(=O)[C@H]3CC=CC[C@H]3C2=O)c1)[C@H]1CC(=O)N(c2cccc(Cl)c2)C1. The minimum Gasteiger partial charge on any atom is -0.426 e. The number of imide groups is 1. The molecule has 3 atom stereocenters. The van der Waals surface area contributed by atoms with Crippen LogP contribution in [0.1, 0.15) is 19.3 Å². The molecule has 7 nitrogen and oxygen atoms in total. The van der Waals surface area contributed by atoms with Crippen LogP contribution < -0.4 is 14.5 Å². The van der Waals surface area contributed by atoms with Crippen molar-refractivity contribution in [3.05, 3.63) is 65.7 Å². The number of nitrogens with zero attached hydrogens (tertiary/aromatic N) is 2. The summed E-state index contributed by atoms with van der Waals surface area (Å²) in [6.45, 7) is 0.192. The molecular formula is C25H21ClN2O5. The van der Waals surface area contributed by atoms with Crippen LogP contribution in [0.2, 0.25) is 5.02 Å². The summed E-state index contributed by atoms with van der Waals surface area (Å²) in [4.78, 5) is 53.6. The molecule has 0 saturated carbocycles. The highest BCUT2D eigenvalue weighted by atomic mass is 35.5. The van der Waals surface area contributed by atoms with Gasteiger partial charge in [0.2, 0.25) is 17.7 Å². The lowest BCUT2D eigenvalue weighted by atomic mass is 9.85. The lowest BCUT2D eigenvalue weighted by molar-refractivity contribution is -0.139. The number of amides is 3. The maximum Gasteiger partial charge on any atom is 0.316 e. The first-order valence-corrected chi connectivity index (χ1v) is 11.2. The molecule has 8 heteroatoms. The van der Waals surface area contributed by atoms with Crippen LogP contribution in [0.4, 0.5) is 11.4 Å². The maximum atomic E-state index is 12.8. The van der Waals surface area contributed by atoms with Gasteiger partial charge in [0, 0.05) is 29.7 Å². The molecule has 2 aromatic rings. The molecule has 0 aromatic heterocycles. The van der Waals surface area contributed by atoms with Crippen molar-refractivity contribution < 1.29 is 23.9 Å². The highest BCUT2D eigenvalue weighted by molar-refractivity contribution is 6.31. The van der Waals surface area contributed by atoms with Gasteiger partial charge in [0.25, 0.3) is 0 Å². The summed E-state index contributed by atoms with van der Waals surface area (Å²) in [7, 11) is 0. The van der Waals surface area contributed by atoms with E-state index in [0.29, 0.717) is 29.2 Å². The second-order valence-electron chi connectivity index (χ2n) is 8.47. The molecule has 2 aliphatic heterocycles. The summed E-state index contributed by atoms with van der Waals surface area (Å²) in [5.41, 5.74) is 1.01. The lowest BCUT2D eigenvalue weighted by Gasteiger charge is -2.17. The molecule has 0 unspecified atom stereocenters. The molecule has 2 heterocycles. The zero-order chi connectivity index (χ0) is 23.1. The predicted octanol–water partition coefficient (Wildman–Crippen LogP) is 3.75. The number of benzene rings is 2. The Morgan fingerprint density at radius 1 is 0.909 bits per heavy atom. The van der Waals surface area contributed by atoms with E-state index in [1.807, 2.05) is 12.2 Å². The minimum atomic E-state index is -0.635. The first kappa shape index (κ1) is 21.4. The molecule has 0 N–H and O–H groups in total. The fourth-order valence-electron chi connectivity index (χ4n) is 4.70. The van der Waals surface area contributed by atoms with Crippen molar-refractivity contribution >= 4 is 46.7 Å². The molecular weight excluding hydrogens is 444 g/mol. The third kappa shape index (κ3) is 3.93. The Bertz CT molecular complexity index is 1170. The Morgan fingerprint density at radius 3 is 2.27 bits per heavy atom. The first-order valence-electron chi connectivity index (χ1n) is 10.8. The molecule has 1 aliphatic carbocycles. The summed E-state index contributed by atoms with van der Waals surface area (Å²) in [5.74, 6) is -2.26. The van der Waals surface area contributed by atoms with Gasteiger partial charge in [0.05, 0.1) is 23.4 Å². The second kappa shape index (κ2) is 8.48. The van der Waals surface area contributed by atoms with E-state index in [0.717, 1.165) is 0 Å². The van der Waals surface area contributed by atoms with Gasteiger partial charge < -0.3 is 9.64 Å². The number of rotatable bonds is 4. The Morgan fingerprint density at radius 2 is 1.58 bits per heavy atom. The van der Waals surface area contributed by atoms with E-state index < -0.39 is 11.9 Å². The molecule has 2 saturated heterocycles. The van der Waals surface area contributed by atoms with E-state index >= 15 is 0 Å². The number of halogens is 1. The van der Waals surface area contributed by atoms with Crippen molar-refractivity contribution in [1.29, 1.82) is 0 Å². The lowest BCUT2D eigenvalue weighted by Crippen LogP contribution is -2.31. The van der Waals surface area contributed by atoms with Crippen LogP contribution in [-0.4, -0.2) is 30.2 Å². The van der Waals surface area contributed by atoms with Gasteiger partial charge in [-0.05, 0) is 43.2 Å². The van der Waals surface area contributed by atoms with E-state index in [9.17, 15) is 19.2 Å². The van der Waals surface area contributed by atoms with E-state index in [2.05, 4.69) is 0 Å². The molecule has 0 radical (unpaired) electrons.